The van der Waals surface area contributed by atoms with Crippen molar-refractivity contribution in [2.24, 2.45) is 0 Å². The van der Waals surface area contributed by atoms with Crippen LogP contribution in [-0.4, -0.2) is 26.5 Å². The van der Waals surface area contributed by atoms with Gasteiger partial charge in [0.05, 0.1) is 5.75 Å². The lowest BCUT2D eigenvalue weighted by Crippen LogP contribution is -2.18. The standard InChI is InChI=1S/C24H29N5O2S/c1-24(2,3)18-8-11-20(12-9-18)31-14-21-27-28-23(29(21)25)32-15-22(30)26-19-10-7-16-5-4-6-17(16)13-19/h7-13H,4-6,14-15,25H2,1-3H3,(H,26,30). The predicted octanol–water partition coefficient (Wildman–Crippen LogP) is 4.09. The number of hydrogen-bond acceptors (Lipinski definition) is 6. The van der Waals surface area contributed by atoms with E-state index in [-0.39, 0.29) is 23.7 Å². The Morgan fingerprint density at radius 3 is 2.62 bits per heavy atom. The number of hydrogen-bond donors (Lipinski definition) is 2. The molecule has 3 aromatic rings. The lowest BCUT2D eigenvalue weighted by atomic mass is 9.87. The molecule has 8 heteroatoms. The number of amides is 1. The molecule has 0 fully saturated rings. The van der Waals surface area contributed by atoms with Gasteiger partial charge in [0.15, 0.2) is 5.82 Å². The van der Waals surface area contributed by atoms with Crippen LogP contribution in [-0.2, 0) is 29.7 Å². The molecule has 0 saturated heterocycles. The van der Waals surface area contributed by atoms with E-state index >= 15 is 0 Å². The maximum absolute atomic E-state index is 12.4. The average Bonchev–Trinajstić information content (AvgIpc) is 3.36. The number of ether oxygens (including phenoxy) is 1. The van der Waals surface area contributed by atoms with Crippen molar-refractivity contribution in [3.8, 4) is 5.75 Å². The summed E-state index contributed by atoms with van der Waals surface area (Å²) in [6.07, 6.45) is 3.39. The summed E-state index contributed by atoms with van der Waals surface area (Å²) in [4.78, 5) is 12.4. The number of nitrogens with one attached hydrogen (secondary N) is 1. The van der Waals surface area contributed by atoms with Crippen molar-refractivity contribution >= 4 is 23.4 Å². The number of thioether (sulfide) groups is 1. The Morgan fingerprint density at radius 1 is 1.12 bits per heavy atom. The van der Waals surface area contributed by atoms with Gasteiger partial charge in [0.25, 0.3) is 0 Å². The summed E-state index contributed by atoms with van der Waals surface area (Å²) in [7, 11) is 0. The molecule has 0 saturated carbocycles. The second-order valence-corrected chi connectivity index (χ2v) is 9.95. The highest BCUT2D eigenvalue weighted by atomic mass is 32.2. The van der Waals surface area contributed by atoms with Gasteiger partial charge >= 0.3 is 0 Å². The number of nitrogen functional groups attached to an aromatic ring is 1. The molecular weight excluding hydrogens is 422 g/mol. The SMILES string of the molecule is CC(C)(C)c1ccc(OCc2nnc(SCC(=O)Nc3ccc4c(c3)CCC4)n2N)cc1. The predicted molar refractivity (Wildman–Crippen MR) is 127 cm³/mol. The first-order chi connectivity index (χ1) is 15.3. The summed E-state index contributed by atoms with van der Waals surface area (Å²) in [5.41, 5.74) is 4.87. The van der Waals surface area contributed by atoms with Crippen LogP contribution in [0.15, 0.2) is 47.6 Å². The van der Waals surface area contributed by atoms with Gasteiger partial charge in [-0.1, -0.05) is 50.7 Å². The summed E-state index contributed by atoms with van der Waals surface area (Å²) in [5, 5.41) is 11.6. The highest BCUT2D eigenvalue weighted by molar-refractivity contribution is 7.99. The molecule has 168 valence electrons. The maximum Gasteiger partial charge on any atom is 0.234 e. The van der Waals surface area contributed by atoms with Gasteiger partial charge in [0, 0.05) is 5.69 Å². The summed E-state index contributed by atoms with van der Waals surface area (Å²) in [5.74, 6) is 7.43. The minimum Gasteiger partial charge on any atom is -0.486 e. The number of carbonyl (C=O) groups excluding carboxylic acids is 1. The maximum atomic E-state index is 12.4. The number of carbonyl (C=O) groups is 1. The van der Waals surface area contributed by atoms with Gasteiger partial charge in [-0.25, -0.2) is 4.68 Å². The van der Waals surface area contributed by atoms with E-state index in [0.717, 1.165) is 24.3 Å². The molecule has 0 bridgehead atoms. The van der Waals surface area contributed by atoms with Crippen molar-refractivity contribution in [1.29, 1.82) is 0 Å². The van der Waals surface area contributed by atoms with Crippen LogP contribution in [0.4, 0.5) is 5.69 Å². The molecule has 0 radical (unpaired) electrons. The average molecular weight is 452 g/mol. The van der Waals surface area contributed by atoms with E-state index in [1.165, 1.54) is 39.5 Å². The van der Waals surface area contributed by atoms with Crippen molar-refractivity contribution in [1.82, 2.24) is 14.9 Å². The minimum absolute atomic E-state index is 0.0922. The fraction of sp³-hybridized carbons (Fsp3) is 0.375. The van der Waals surface area contributed by atoms with Crippen LogP contribution in [0, 0.1) is 0 Å². The van der Waals surface area contributed by atoms with Crippen LogP contribution >= 0.6 is 11.8 Å². The highest BCUT2D eigenvalue weighted by Crippen LogP contribution is 2.26. The number of anilines is 1. The number of rotatable bonds is 7. The highest BCUT2D eigenvalue weighted by Gasteiger charge is 2.16. The summed E-state index contributed by atoms with van der Waals surface area (Å²) >= 11 is 1.24. The largest absolute Gasteiger partial charge is 0.486 e. The normalized spacial score (nSPS) is 13.1. The molecule has 3 N–H and O–H groups in total. The summed E-state index contributed by atoms with van der Waals surface area (Å²) in [6.45, 7) is 6.71. The first-order valence-corrected chi connectivity index (χ1v) is 11.8. The van der Waals surface area contributed by atoms with Crippen molar-refractivity contribution in [3.05, 3.63) is 65.0 Å². The third-order valence-electron chi connectivity index (χ3n) is 5.54. The molecule has 7 nitrogen and oxygen atoms in total. The molecule has 1 heterocycles. The number of nitrogens with zero attached hydrogens (tertiary/aromatic N) is 3. The fourth-order valence-corrected chi connectivity index (χ4v) is 4.36. The van der Waals surface area contributed by atoms with Crippen LogP contribution in [0.25, 0.3) is 0 Å². The van der Waals surface area contributed by atoms with Crippen LogP contribution in [0.1, 0.15) is 49.7 Å². The van der Waals surface area contributed by atoms with Crippen LogP contribution < -0.4 is 15.9 Å². The van der Waals surface area contributed by atoms with Crippen molar-refractivity contribution in [2.75, 3.05) is 16.9 Å². The molecule has 0 spiro atoms. The number of aromatic nitrogens is 3. The zero-order valence-electron chi connectivity index (χ0n) is 18.7. The Kier molecular flexibility index (Phi) is 6.41. The van der Waals surface area contributed by atoms with Gasteiger partial charge in [-0.3, -0.25) is 4.79 Å². The zero-order valence-corrected chi connectivity index (χ0v) is 19.5. The van der Waals surface area contributed by atoms with Crippen molar-refractivity contribution in [3.63, 3.8) is 0 Å². The topological polar surface area (TPSA) is 95.1 Å². The molecule has 2 aromatic carbocycles. The van der Waals surface area contributed by atoms with Gasteiger partial charge in [0.1, 0.15) is 12.4 Å². The minimum atomic E-state index is -0.104. The Morgan fingerprint density at radius 2 is 1.88 bits per heavy atom. The van der Waals surface area contributed by atoms with E-state index in [1.807, 2.05) is 18.2 Å². The van der Waals surface area contributed by atoms with Crippen molar-refractivity contribution < 1.29 is 9.53 Å². The molecule has 1 aliphatic rings. The number of benzene rings is 2. The second-order valence-electron chi connectivity index (χ2n) is 9.01. The molecule has 4 rings (SSSR count). The van der Waals surface area contributed by atoms with E-state index in [9.17, 15) is 4.79 Å². The lowest BCUT2D eigenvalue weighted by molar-refractivity contribution is -0.113. The Balaban J connectivity index is 1.28. The van der Waals surface area contributed by atoms with E-state index < -0.39 is 0 Å². The number of aryl methyl sites for hydroxylation is 2. The molecule has 0 aliphatic heterocycles. The van der Waals surface area contributed by atoms with Crippen LogP contribution in [0.3, 0.4) is 0 Å². The quantitative estimate of drug-likeness (QED) is 0.415. The zero-order chi connectivity index (χ0) is 22.7. The van der Waals surface area contributed by atoms with E-state index in [2.05, 4.69) is 60.6 Å². The molecule has 32 heavy (non-hydrogen) atoms. The van der Waals surface area contributed by atoms with Gasteiger partial charge in [0.2, 0.25) is 11.1 Å². The molecule has 1 aliphatic carbocycles. The summed E-state index contributed by atoms with van der Waals surface area (Å²) < 4.78 is 7.18. The first kappa shape index (κ1) is 22.2. The van der Waals surface area contributed by atoms with E-state index in [0.29, 0.717) is 11.0 Å². The first-order valence-electron chi connectivity index (χ1n) is 10.8. The number of nitrogens with two attached hydrogens (primary N) is 1. The summed E-state index contributed by atoms with van der Waals surface area (Å²) in [6, 6.07) is 14.1. The Labute approximate surface area is 192 Å². The van der Waals surface area contributed by atoms with Gasteiger partial charge in [-0.2, -0.15) is 0 Å². The smallest absolute Gasteiger partial charge is 0.234 e. The molecule has 1 aromatic heterocycles. The number of fused-ring (bicyclic) bond motifs is 1. The van der Waals surface area contributed by atoms with Crippen LogP contribution in [0.2, 0.25) is 0 Å². The van der Waals surface area contributed by atoms with E-state index in [1.54, 1.807) is 0 Å². The molecule has 1 amide bonds. The fourth-order valence-electron chi connectivity index (χ4n) is 3.68. The molecule has 0 unspecified atom stereocenters. The lowest BCUT2D eigenvalue weighted by Gasteiger charge is -2.19. The van der Waals surface area contributed by atoms with Crippen LogP contribution in [0.5, 0.6) is 5.75 Å². The third kappa shape index (κ3) is 5.24. The Bertz CT molecular complexity index is 1100. The van der Waals surface area contributed by atoms with Gasteiger partial charge in [-0.15, -0.1) is 10.2 Å². The third-order valence-corrected chi connectivity index (χ3v) is 6.48. The van der Waals surface area contributed by atoms with Gasteiger partial charge in [-0.05, 0) is 65.6 Å². The molecule has 0 atom stereocenters. The van der Waals surface area contributed by atoms with E-state index in [4.69, 9.17) is 10.6 Å². The van der Waals surface area contributed by atoms with Gasteiger partial charge < -0.3 is 15.9 Å². The Hall–Kier alpha value is -3.00. The molecular formula is C24H29N5O2S. The monoisotopic (exact) mass is 451 g/mol. The van der Waals surface area contributed by atoms with Crippen molar-refractivity contribution in [2.45, 2.75) is 57.2 Å². The second kappa shape index (κ2) is 9.24.